The molecular weight excluding hydrogens is 617 g/mol. The fourth-order valence-electron chi connectivity index (χ4n) is 5.26. The molecule has 0 saturated heterocycles. The molecule has 5 rings (SSSR count). The SMILES string of the molecule is CCOC(=O)N1CCc2c(sc(NC(=O)c3ccc(S(=O)(=O)N(CC(C)C)CC(C)C)cc3)c2-c2nc3ccccc3s2)C1. The van der Waals surface area contributed by atoms with Crippen molar-refractivity contribution in [3.05, 3.63) is 64.5 Å². The lowest BCUT2D eigenvalue weighted by atomic mass is 10.0. The first-order valence-corrected chi connectivity index (χ1v) is 17.9. The van der Waals surface area contributed by atoms with Gasteiger partial charge in [0.1, 0.15) is 10.0 Å². The monoisotopic (exact) mass is 654 g/mol. The fourth-order valence-corrected chi connectivity index (χ4v) is 9.39. The Kier molecular flexibility index (Phi) is 9.74. The number of thiophene rings is 1. The molecule has 234 valence electrons. The standard InChI is InChI=1S/C32H38N4O5S3/c1-6-41-32(38)35-16-15-24-27(19-35)43-31(28(24)30-33-25-9-7-8-10-26(25)42-30)34-29(37)22-11-13-23(14-12-22)44(39,40)36(17-20(2)3)18-21(4)5/h7-14,20-21H,6,15-19H2,1-5H3,(H,34,37). The van der Waals surface area contributed by atoms with E-state index in [4.69, 9.17) is 9.72 Å². The Bertz CT molecular complexity index is 1720. The second-order valence-electron chi connectivity index (χ2n) is 11.7. The number of hydrogen-bond acceptors (Lipinski definition) is 8. The molecule has 4 aromatic rings. The minimum atomic E-state index is -3.71. The quantitative estimate of drug-likeness (QED) is 0.196. The number of amides is 2. The molecule has 0 radical (unpaired) electrons. The number of nitrogens with zero attached hydrogens (tertiary/aromatic N) is 3. The highest BCUT2D eigenvalue weighted by Gasteiger charge is 2.31. The number of carbonyl (C=O) groups excluding carboxylic acids is 2. The van der Waals surface area contributed by atoms with Gasteiger partial charge >= 0.3 is 6.09 Å². The molecule has 44 heavy (non-hydrogen) atoms. The van der Waals surface area contributed by atoms with Crippen molar-refractivity contribution in [2.75, 3.05) is 31.6 Å². The van der Waals surface area contributed by atoms with Gasteiger partial charge in [-0.15, -0.1) is 22.7 Å². The highest BCUT2D eigenvalue weighted by atomic mass is 32.2. The summed E-state index contributed by atoms with van der Waals surface area (Å²) in [4.78, 5) is 33.7. The third-order valence-corrected chi connectivity index (χ3v) is 11.2. The van der Waals surface area contributed by atoms with Gasteiger partial charge in [0.25, 0.3) is 5.91 Å². The van der Waals surface area contributed by atoms with E-state index >= 15 is 0 Å². The van der Waals surface area contributed by atoms with Gasteiger partial charge in [0, 0.05) is 35.6 Å². The Morgan fingerprint density at radius 3 is 2.34 bits per heavy atom. The van der Waals surface area contributed by atoms with Crippen LogP contribution in [-0.4, -0.2) is 60.8 Å². The van der Waals surface area contributed by atoms with Crippen LogP contribution in [0.4, 0.5) is 9.80 Å². The molecule has 1 aliphatic rings. The van der Waals surface area contributed by atoms with Crippen LogP contribution in [0.25, 0.3) is 20.8 Å². The summed E-state index contributed by atoms with van der Waals surface area (Å²) in [5.41, 5.74) is 3.18. The third kappa shape index (κ3) is 6.83. The molecule has 0 unspecified atom stereocenters. The molecule has 0 fully saturated rings. The van der Waals surface area contributed by atoms with Crippen LogP contribution in [0.15, 0.2) is 53.4 Å². The summed E-state index contributed by atoms with van der Waals surface area (Å²) in [5.74, 6) is 0.0109. The van der Waals surface area contributed by atoms with Gasteiger partial charge in [-0.05, 0) is 67.1 Å². The Labute approximate surface area is 266 Å². The summed E-state index contributed by atoms with van der Waals surface area (Å²) in [6, 6.07) is 14.0. The maximum Gasteiger partial charge on any atom is 0.410 e. The number of nitrogens with one attached hydrogen (secondary N) is 1. The topological polar surface area (TPSA) is 109 Å². The number of carbonyl (C=O) groups is 2. The number of aromatic nitrogens is 1. The summed E-state index contributed by atoms with van der Waals surface area (Å²) in [6.45, 7) is 11.8. The lowest BCUT2D eigenvalue weighted by Gasteiger charge is -2.26. The van der Waals surface area contributed by atoms with Crippen molar-refractivity contribution >= 4 is 59.9 Å². The van der Waals surface area contributed by atoms with E-state index < -0.39 is 10.0 Å². The van der Waals surface area contributed by atoms with Crippen LogP contribution < -0.4 is 5.32 Å². The van der Waals surface area contributed by atoms with E-state index in [1.54, 1.807) is 35.3 Å². The average Bonchev–Trinajstić information content (AvgIpc) is 3.56. The molecule has 1 N–H and O–H groups in total. The number of rotatable bonds is 10. The first-order chi connectivity index (χ1) is 21.0. The first kappa shape index (κ1) is 32.1. The minimum absolute atomic E-state index is 0.163. The van der Waals surface area contributed by atoms with Crippen LogP contribution in [0.2, 0.25) is 0 Å². The number of ether oxygens (including phenoxy) is 1. The van der Waals surface area contributed by atoms with Crippen LogP contribution in [-0.2, 0) is 27.7 Å². The van der Waals surface area contributed by atoms with Gasteiger partial charge in [0.2, 0.25) is 10.0 Å². The summed E-state index contributed by atoms with van der Waals surface area (Å²) in [5, 5.41) is 4.54. The summed E-state index contributed by atoms with van der Waals surface area (Å²) >= 11 is 3.00. The van der Waals surface area contributed by atoms with Crippen LogP contribution in [0.5, 0.6) is 0 Å². The van der Waals surface area contributed by atoms with E-state index in [1.807, 2.05) is 52.0 Å². The van der Waals surface area contributed by atoms with E-state index in [2.05, 4.69) is 5.32 Å². The number of thiazole rings is 1. The van der Waals surface area contributed by atoms with E-state index in [0.717, 1.165) is 31.2 Å². The molecule has 2 aromatic carbocycles. The lowest BCUT2D eigenvalue weighted by Crippen LogP contribution is -2.37. The molecule has 2 amide bonds. The molecule has 9 nitrogen and oxygen atoms in total. The zero-order chi connectivity index (χ0) is 31.6. The molecule has 2 aromatic heterocycles. The maximum absolute atomic E-state index is 13.6. The van der Waals surface area contributed by atoms with Gasteiger partial charge in [-0.3, -0.25) is 4.79 Å². The fraction of sp³-hybridized carbons (Fsp3) is 0.406. The second kappa shape index (κ2) is 13.4. The van der Waals surface area contributed by atoms with Gasteiger partial charge in [-0.25, -0.2) is 18.2 Å². The van der Waals surface area contributed by atoms with Gasteiger partial charge in [-0.1, -0.05) is 39.8 Å². The molecular formula is C32H38N4O5S3. The average molecular weight is 655 g/mol. The van der Waals surface area contributed by atoms with E-state index in [9.17, 15) is 18.0 Å². The van der Waals surface area contributed by atoms with Gasteiger partial charge in [-0.2, -0.15) is 4.31 Å². The van der Waals surface area contributed by atoms with Crippen molar-refractivity contribution in [3.8, 4) is 10.6 Å². The molecule has 0 atom stereocenters. The molecule has 3 heterocycles. The van der Waals surface area contributed by atoms with Crippen molar-refractivity contribution < 1.29 is 22.7 Å². The zero-order valence-corrected chi connectivity index (χ0v) is 28.1. The van der Waals surface area contributed by atoms with Gasteiger partial charge in [0.05, 0.1) is 28.3 Å². The summed E-state index contributed by atoms with van der Waals surface area (Å²) in [7, 11) is -3.71. The number of anilines is 1. The third-order valence-electron chi connectivity index (χ3n) is 7.21. The summed E-state index contributed by atoms with van der Waals surface area (Å²) < 4.78 is 34.7. The van der Waals surface area contributed by atoms with Crippen LogP contribution >= 0.6 is 22.7 Å². The second-order valence-corrected chi connectivity index (χ2v) is 15.7. The first-order valence-electron chi connectivity index (χ1n) is 14.8. The Morgan fingerprint density at radius 2 is 1.70 bits per heavy atom. The van der Waals surface area contributed by atoms with Crippen molar-refractivity contribution in [1.29, 1.82) is 0 Å². The van der Waals surface area contributed by atoms with E-state index in [0.29, 0.717) is 49.8 Å². The smallest absolute Gasteiger partial charge is 0.410 e. The minimum Gasteiger partial charge on any atom is -0.450 e. The summed E-state index contributed by atoms with van der Waals surface area (Å²) in [6.07, 6.45) is 0.260. The Morgan fingerprint density at radius 1 is 1.02 bits per heavy atom. The molecule has 1 aliphatic heterocycles. The number of para-hydroxylation sites is 1. The number of benzene rings is 2. The van der Waals surface area contributed by atoms with Gasteiger partial charge < -0.3 is 15.0 Å². The zero-order valence-electron chi connectivity index (χ0n) is 25.6. The molecule has 0 aliphatic carbocycles. The molecule has 0 saturated carbocycles. The van der Waals surface area contributed by atoms with Crippen LogP contribution in [0, 0.1) is 11.8 Å². The van der Waals surface area contributed by atoms with Crippen LogP contribution in [0.1, 0.15) is 55.4 Å². The number of sulfonamides is 1. The highest BCUT2D eigenvalue weighted by molar-refractivity contribution is 7.89. The Balaban J connectivity index is 1.44. The maximum atomic E-state index is 13.6. The van der Waals surface area contributed by atoms with Crippen molar-refractivity contribution in [1.82, 2.24) is 14.2 Å². The van der Waals surface area contributed by atoms with E-state index in [1.165, 1.54) is 27.8 Å². The highest BCUT2D eigenvalue weighted by Crippen LogP contribution is 2.46. The number of hydrogen-bond donors (Lipinski definition) is 1. The van der Waals surface area contributed by atoms with Gasteiger partial charge in [0.15, 0.2) is 0 Å². The molecule has 0 bridgehead atoms. The Hall–Kier alpha value is -3.32. The van der Waals surface area contributed by atoms with Crippen molar-refractivity contribution in [2.24, 2.45) is 11.8 Å². The number of fused-ring (bicyclic) bond motifs is 2. The van der Waals surface area contributed by atoms with E-state index in [-0.39, 0.29) is 28.7 Å². The van der Waals surface area contributed by atoms with Crippen molar-refractivity contribution in [2.45, 2.75) is 52.5 Å². The van der Waals surface area contributed by atoms with Crippen LogP contribution in [0.3, 0.4) is 0 Å². The predicted octanol–water partition coefficient (Wildman–Crippen LogP) is 7.09. The normalized spacial score (nSPS) is 13.6. The molecule has 12 heteroatoms. The van der Waals surface area contributed by atoms with Crippen molar-refractivity contribution in [3.63, 3.8) is 0 Å². The largest absolute Gasteiger partial charge is 0.450 e. The predicted molar refractivity (Wildman–Crippen MR) is 177 cm³/mol. The molecule has 0 spiro atoms. The lowest BCUT2D eigenvalue weighted by molar-refractivity contribution is 0.102.